The highest BCUT2D eigenvalue weighted by Gasteiger charge is 2.30. The van der Waals surface area contributed by atoms with Crippen molar-refractivity contribution in [3.8, 4) is 0 Å². The fourth-order valence-electron chi connectivity index (χ4n) is 5.65. The quantitative estimate of drug-likeness (QED) is 0.124. The summed E-state index contributed by atoms with van der Waals surface area (Å²) in [7, 11) is 0. The molecule has 5 N–H and O–H groups in total. The molecule has 6 aromatic carbocycles. The van der Waals surface area contributed by atoms with Gasteiger partial charge in [0.1, 0.15) is 0 Å². The van der Waals surface area contributed by atoms with Crippen molar-refractivity contribution >= 4 is 39.0 Å². The van der Waals surface area contributed by atoms with Gasteiger partial charge in [-0.15, -0.1) is 11.8 Å². The Balaban J connectivity index is 1.25. The van der Waals surface area contributed by atoms with E-state index >= 15 is 0 Å². The van der Waals surface area contributed by atoms with Gasteiger partial charge in [0, 0.05) is 16.3 Å². The lowest BCUT2D eigenvalue weighted by Crippen LogP contribution is -2.54. The maximum absolute atomic E-state index is 6.56. The summed E-state index contributed by atoms with van der Waals surface area (Å²) >= 11 is 1.80. The minimum Gasteiger partial charge on any atom is -0.398 e. The zero-order valence-electron chi connectivity index (χ0n) is 22.6. The molecule has 0 bridgehead atoms. The number of nitrogens with one attached hydrogen (secondary N) is 3. The second kappa shape index (κ2) is 11.4. The monoisotopic (exact) mass is 552 g/mol. The minimum absolute atomic E-state index is 0.0256. The predicted octanol–water partition coefficient (Wildman–Crippen LogP) is 8.05. The van der Waals surface area contributed by atoms with Gasteiger partial charge in [-0.25, -0.2) is 0 Å². The van der Waals surface area contributed by atoms with Crippen molar-refractivity contribution in [2.24, 2.45) is 0 Å². The van der Waals surface area contributed by atoms with Crippen molar-refractivity contribution in [2.75, 3.05) is 5.73 Å². The number of nitrogens with two attached hydrogens (primary N) is 1. The van der Waals surface area contributed by atoms with Crippen LogP contribution in [0.1, 0.15) is 40.8 Å². The van der Waals surface area contributed by atoms with Crippen LogP contribution in [0.2, 0.25) is 0 Å². The van der Waals surface area contributed by atoms with Crippen LogP contribution in [0.15, 0.2) is 138 Å². The molecule has 3 unspecified atom stereocenters. The highest BCUT2D eigenvalue weighted by Crippen LogP contribution is 2.37. The molecular formula is C36H32N4S. The summed E-state index contributed by atoms with van der Waals surface area (Å²) in [5.74, 6) is 0.873. The molecule has 0 aromatic heterocycles. The topological polar surface area (TPSA) is 62.1 Å². The lowest BCUT2D eigenvalue weighted by molar-refractivity contribution is 0.203. The fourth-order valence-corrected chi connectivity index (χ4v) is 6.72. The lowest BCUT2D eigenvalue weighted by atomic mass is 10.0. The zero-order valence-corrected chi connectivity index (χ0v) is 23.4. The summed E-state index contributed by atoms with van der Waals surface area (Å²) in [6, 6.07) is 47.3. The number of thioether (sulfide) groups is 1. The molecule has 1 heterocycles. The first kappa shape index (κ1) is 25.8. The third-order valence-corrected chi connectivity index (χ3v) is 9.05. The van der Waals surface area contributed by atoms with Gasteiger partial charge in [0.15, 0.2) is 0 Å². The van der Waals surface area contributed by atoms with Crippen LogP contribution in [0.4, 0.5) is 5.69 Å². The molecule has 0 saturated carbocycles. The summed E-state index contributed by atoms with van der Waals surface area (Å²) < 4.78 is 0. The van der Waals surface area contributed by atoms with Crippen LogP contribution < -0.4 is 21.7 Å². The molecule has 3 atom stereocenters. The molecule has 202 valence electrons. The first-order valence-electron chi connectivity index (χ1n) is 14.0. The van der Waals surface area contributed by atoms with Gasteiger partial charge >= 0.3 is 0 Å². The minimum atomic E-state index is -0.0734. The molecule has 0 spiro atoms. The van der Waals surface area contributed by atoms with Crippen LogP contribution in [-0.2, 0) is 5.75 Å². The summed E-state index contributed by atoms with van der Waals surface area (Å²) in [6.45, 7) is 0. The van der Waals surface area contributed by atoms with Gasteiger partial charge < -0.3 is 5.73 Å². The Morgan fingerprint density at radius 3 is 1.80 bits per heavy atom. The molecule has 1 aliphatic heterocycles. The number of fused-ring (bicyclic) bond motifs is 2. The number of hydrogen-bond acceptors (Lipinski definition) is 5. The van der Waals surface area contributed by atoms with Gasteiger partial charge in [-0.1, -0.05) is 115 Å². The molecule has 1 fully saturated rings. The van der Waals surface area contributed by atoms with Crippen molar-refractivity contribution in [3.63, 3.8) is 0 Å². The SMILES string of the molecule is Nc1ccc2ccc(C3NC(c4ccccc4)NC(c4ccc5ccccc5c4)N3)cc2c1SCc1ccccc1. The van der Waals surface area contributed by atoms with E-state index in [0.29, 0.717) is 0 Å². The molecule has 1 saturated heterocycles. The average Bonchev–Trinajstić information content (AvgIpc) is 3.04. The van der Waals surface area contributed by atoms with Crippen molar-refractivity contribution < 1.29 is 0 Å². The standard InChI is InChI=1S/C36H32N4S/c37-32-20-19-26-16-18-30(22-31(26)33(32)41-23-24-9-3-1-4-10-24)36-39-34(27-12-5-2-6-13-27)38-35(40-36)29-17-15-25-11-7-8-14-28(25)21-29/h1-22,34-36,38-40H,23,37H2. The number of rotatable bonds is 6. The van der Waals surface area contributed by atoms with E-state index in [-0.39, 0.29) is 18.5 Å². The van der Waals surface area contributed by atoms with E-state index in [1.54, 1.807) is 11.8 Å². The molecule has 7 rings (SSSR count). The van der Waals surface area contributed by atoms with Crippen molar-refractivity contribution in [1.82, 2.24) is 16.0 Å². The summed E-state index contributed by atoms with van der Waals surface area (Å²) in [6.07, 6.45) is -0.141. The lowest BCUT2D eigenvalue weighted by Gasteiger charge is -2.39. The Hall–Kier alpha value is -4.13. The molecule has 1 aliphatic rings. The van der Waals surface area contributed by atoms with E-state index in [9.17, 15) is 0 Å². The number of benzene rings is 6. The smallest absolute Gasteiger partial charge is 0.0864 e. The van der Waals surface area contributed by atoms with Crippen LogP contribution in [0.5, 0.6) is 0 Å². The first-order chi connectivity index (χ1) is 20.2. The van der Waals surface area contributed by atoms with Gasteiger partial charge in [0.05, 0.1) is 18.5 Å². The molecule has 41 heavy (non-hydrogen) atoms. The average molecular weight is 553 g/mol. The van der Waals surface area contributed by atoms with E-state index in [1.165, 1.54) is 43.8 Å². The number of hydrogen-bond donors (Lipinski definition) is 4. The van der Waals surface area contributed by atoms with Gasteiger partial charge in [-0.2, -0.15) is 0 Å². The van der Waals surface area contributed by atoms with Gasteiger partial charge in [-0.3, -0.25) is 16.0 Å². The Labute approximate surface area is 245 Å². The van der Waals surface area contributed by atoms with E-state index in [4.69, 9.17) is 5.73 Å². The fraction of sp³-hybridized carbons (Fsp3) is 0.111. The van der Waals surface area contributed by atoms with Gasteiger partial charge in [0.25, 0.3) is 0 Å². The third-order valence-electron chi connectivity index (χ3n) is 7.83. The first-order valence-corrected chi connectivity index (χ1v) is 15.0. The molecule has 0 radical (unpaired) electrons. The Morgan fingerprint density at radius 1 is 0.512 bits per heavy atom. The number of anilines is 1. The van der Waals surface area contributed by atoms with Crippen molar-refractivity contribution in [1.29, 1.82) is 0 Å². The largest absolute Gasteiger partial charge is 0.398 e. The van der Waals surface area contributed by atoms with Crippen molar-refractivity contribution in [2.45, 2.75) is 29.1 Å². The van der Waals surface area contributed by atoms with Crippen LogP contribution in [0, 0.1) is 0 Å². The maximum atomic E-state index is 6.56. The number of nitrogen functional groups attached to an aromatic ring is 1. The van der Waals surface area contributed by atoms with Gasteiger partial charge in [0.2, 0.25) is 0 Å². The second-order valence-electron chi connectivity index (χ2n) is 10.6. The Kier molecular flexibility index (Phi) is 7.17. The predicted molar refractivity (Wildman–Crippen MR) is 172 cm³/mol. The summed E-state index contributed by atoms with van der Waals surface area (Å²) in [4.78, 5) is 1.13. The molecule has 0 aliphatic carbocycles. The molecule has 0 amide bonds. The highest BCUT2D eigenvalue weighted by molar-refractivity contribution is 7.99. The Morgan fingerprint density at radius 2 is 1.07 bits per heavy atom. The van der Waals surface area contributed by atoms with Crippen LogP contribution in [-0.4, -0.2) is 0 Å². The van der Waals surface area contributed by atoms with Crippen molar-refractivity contribution in [3.05, 3.63) is 156 Å². The second-order valence-corrected chi connectivity index (χ2v) is 11.5. The van der Waals surface area contributed by atoms with Crippen LogP contribution >= 0.6 is 11.8 Å². The molecule has 5 heteroatoms. The third kappa shape index (κ3) is 5.45. The van der Waals surface area contributed by atoms with E-state index < -0.39 is 0 Å². The molecule has 4 nitrogen and oxygen atoms in total. The highest BCUT2D eigenvalue weighted by atomic mass is 32.2. The summed E-state index contributed by atoms with van der Waals surface area (Å²) in [5.41, 5.74) is 12.3. The van der Waals surface area contributed by atoms with Crippen LogP contribution in [0.3, 0.4) is 0 Å². The Bertz CT molecular complexity index is 1810. The maximum Gasteiger partial charge on any atom is 0.0864 e. The molecular weight excluding hydrogens is 520 g/mol. The van der Waals surface area contributed by atoms with Gasteiger partial charge in [-0.05, 0) is 62.0 Å². The van der Waals surface area contributed by atoms with Crippen LogP contribution in [0.25, 0.3) is 21.5 Å². The van der Waals surface area contributed by atoms with E-state index in [0.717, 1.165) is 16.3 Å². The summed E-state index contributed by atoms with van der Waals surface area (Å²) in [5, 5.41) is 16.3. The zero-order chi connectivity index (χ0) is 27.6. The molecule has 6 aromatic rings. The van der Waals surface area contributed by atoms with E-state index in [2.05, 4.69) is 143 Å². The van der Waals surface area contributed by atoms with E-state index in [1.807, 2.05) is 6.07 Å². The normalized spacial score (nSPS) is 19.0.